The zero-order chi connectivity index (χ0) is 32.3. The van der Waals surface area contributed by atoms with Crippen molar-refractivity contribution in [2.45, 2.75) is 124 Å². The van der Waals surface area contributed by atoms with Crippen LogP contribution >= 0.6 is 0 Å². The highest BCUT2D eigenvalue weighted by Gasteiger charge is 2.42. The summed E-state index contributed by atoms with van der Waals surface area (Å²) < 4.78 is 11.8. The van der Waals surface area contributed by atoms with Crippen LogP contribution in [0.1, 0.15) is 93.9 Å². The third kappa shape index (κ3) is 9.58. The molecule has 1 unspecified atom stereocenters. The summed E-state index contributed by atoms with van der Waals surface area (Å²) in [6.07, 6.45) is 2.25. The highest BCUT2D eigenvalue weighted by molar-refractivity contribution is 5.90. The van der Waals surface area contributed by atoms with Crippen molar-refractivity contribution < 1.29 is 28.7 Å². The molecular weight excluding hydrogens is 534 g/mol. The maximum absolute atomic E-state index is 14.0. The maximum atomic E-state index is 14.0. The largest absolute Gasteiger partial charge is 0.379 e. The fourth-order valence-corrected chi connectivity index (χ4v) is 6.74. The number of hydrogen-bond donors (Lipinski definition) is 1. The van der Waals surface area contributed by atoms with E-state index in [0.717, 1.165) is 19.3 Å². The molecule has 1 aliphatic rings. The SMILES string of the molecule is CCC(=O)[C@H](C)[C@@H](OC)[C@@H]1CCCN1C(=O)C[C@@H](OC)C([C@@H](C)CC)N(C)C(=O)[C@@H](CC(=O)[C@@H](NC)C(C)C)C(C)C. The summed E-state index contributed by atoms with van der Waals surface area (Å²) in [6.45, 7) is 16.4. The Bertz CT molecular complexity index is 878. The molecule has 1 aliphatic heterocycles. The fourth-order valence-electron chi connectivity index (χ4n) is 6.74. The maximum Gasteiger partial charge on any atom is 0.226 e. The molecule has 244 valence electrons. The van der Waals surface area contributed by atoms with Crippen LogP contribution in [0.5, 0.6) is 0 Å². The second-order valence-electron chi connectivity index (χ2n) is 12.9. The molecule has 1 saturated heterocycles. The molecule has 2 amide bonds. The lowest BCUT2D eigenvalue weighted by Crippen LogP contribution is -2.54. The number of nitrogens with one attached hydrogen (secondary N) is 1. The minimum absolute atomic E-state index is 0.0297. The van der Waals surface area contributed by atoms with E-state index in [4.69, 9.17) is 9.47 Å². The van der Waals surface area contributed by atoms with E-state index in [1.165, 1.54) is 0 Å². The number of ether oxygens (including phenoxy) is 2. The Morgan fingerprint density at radius 2 is 1.55 bits per heavy atom. The Labute approximate surface area is 255 Å². The smallest absolute Gasteiger partial charge is 0.226 e. The van der Waals surface area contributed by atoms with Crippen LogP contribution in [0.4, 0.5) is 0 Å². The quantitative estimate of drug-likeness (QED) is 0.237. The lowest BCUT2D eigenvalue weighted by molar-refractivity contribution is -0.149. The van der Waals surface area contributed by atoms with Gasteiger partial charge < -0.3 is 24.6 Å². The zero-order valence-corrected chi connectivity index (χ0v) is 28.6. The molecule has 9 heteroatoms. The summed E-state index contributed by atoms with van der Waals surface area (Å²) in [5, 5.41) is 3.11. The van der Waals surface area contributed by atoms with Gasteiger partial charge in [-0.25, -0.2) is 0 Å². The van der Waals surface area contributed by atoms with Crippen LogP contribution in [-0.2, 0) is 28.7 Å². The topological polar surface area (TPSA) is 105 Å². The molecule has 9 nitrogen and oxygen atoms in total. The molecule has 1 fully saturated rings. The van der Waals surface area contributed by atoms with E-state index in [1.807, 2.05) is 46.4 Å². The number of carbonyl (C=O) groups excluding carboxylic acids is 4. The summed E-state index contributed by atoms with van der Waals surface area (Å²) >= 11 is 0. The second kappa shape index (κ2) is 18.1. The van der Waals surface area contributed by atoms with Crippen molar-refractivity contribution in [2.24, 2.45) is 29.6 Å². The molecule has 42 heavy (non-hydrogen) atoms. The highest BCUT2D eigenvalue weighted by atomic mass is 16.5. The van der Waals surface area contributed by atoms with Gasteiger partial charge in [-0.05, 0) is 37.6 Å². The van der Waals surface area contributed by atoms with Crippen molar-refractivity contribution in [3.63, 3.8) is 0 Å². The fraction of sp³-hybridized carbons (Fsp3) is 0.879. The summed E-state index contributed by atoms with van der Waals surface area (Å²) in [5.41, 5.74) is 0. The Morgan fingerprint density at radius 3 is 2.00 bits per heavy atom. The van der Waals surface area contributed by atoms with E-state index in [-0.39, 0.29) is 84.1 Å². The summed E-state index contributed by atoms with van der Waals surface area (Å²) in [4.78, 5) is 57.1. The standard InChI is InChI=1S/C33H61N3O6/c1-13-22(7)31(35(10)33(40)24(20(3)4)18-27(38)30(34-9)21(5)6)28(41-11)19-29(39)36-17-15-16-25(36)32(42-12)23(8)26(37)14-2/h20-25,28,30-32,34H,13-19H2,1-12H3/t22-,23-,24-,25-,28+,30-,31?,32+/m0/s1. The molecular formula is C33H61N3O6. The summed E-state index contributed by atoms with van der Waals surface area (Å²) in [7, 11) is 6.77. The number of hydrogen-bond acceptors (Lipinski definition) is 7. The number of Topliss-reactive ketones (excluding diaryl/α,β-unsaturated/α-hetero) is 2. The van der Waals surface area contributed by atoms with Gasteiger partial charge in [0.1, 0.15) is 5.78 Å². The van der Waals surface area contributed by atoms with Gasteiger partial charge in [0, 0.05) is 52.5 Å². The van der Waals surface area contributed by atoms with Crippen LogP contribution in [-0.4, -0.2) is 98.4 Å². The van der Waals surface area contributed by atoms with Crippen molar-refractivity contribution in [2.75, 3.05) is 34.9 Å². The van der Waals surface area contributed by atoms with Crippen LogP contribution < -0.4 is 5.32 Å². The molecule has 0 aromatic rings. The molecule has 0 saturated carbocycles. The molecule has 0 bridgehead atoms. The normalized spacial score (nSPS) is 20.6. The van der Waals surface area contributed by atoms with E-state index in [0.29, 0.717) is 13.0 Å². The molecule has 0 aliphatic carbocycles. The van der Waals surface area contributed by atoms with Crippen molar-refractivity contribution in [3.8, 4) is 0 Å². The molecule has 8 atom stereocenters. The van der Waals surface area contributed by atoms with Crippen molar-refractivity contribution >= 4 is 23.4 Å². The van der Waals surface area contributed by atoms with Crippen LogP contribution in [0.15, 0.2) is 0 Å². The first-order valence-electron chi connectivity index (χ1n) is 16.1. The number of likely N-dealkylation sites (tertiary alicyclic amines) is 1. The first-order valence-corrected chi connectivity index (χ1v) is 16.1. The first-order chi connectivity index (χ1) is 19.7. The number of methoxy groups -OCH3 is 2. The Hall–Kier alpha value is -1.84. The third-order valence-corrected chi connectivity index (χ3v) is 9.57. The van der Waals surface area contributed by atoms with Crippen LogP contribution in [0.25, 0.3) is 0 Å². The van der Waals surface area contributed by atoms with E-state index < -0.39 is 12.0 Å². The van der Waals surface area contributed by atoms with Gasteiger partial charge >= 0.3 is 0 Å². The van der Waals surface area contributed by atoms with Gasteiger partial charge in [-0.1, -0.05) is 61.8 Å². The summed E-state index contributed by atoms with van der Waals surface area (Å²) in [6, 6.07) is -0.832. The van der Waals surface area contributed by atoms with Crippen molar-refractivity contribution in [1.82, 2.24) is 15.1 Å². The Balaban J connectivity index is 3.24. The lowest BCUT2D eigenvalue weighted by atomic mass is 9.84. The van der Waals surface area contributed by atoms with Gasteiger partial charge in [0.15, 0.2) is 5.78 Å². The molecule has 0 aromatic heterocycles. The third-order valence-electron chi connectivity index (χ3n) is 9.57. The lowest BCUT2D eigenvalue weighted by Gasteiger charge is -2.41. The first kappa shape index (κ1) is 38.2. The van der Waals surface area contributed by atoms with Crippen molar-refractivity contribution in [3.05, 3.63) is 0 Å². The van der Waals surface area contributed by atoms with Crippen molar-refractivity contribution in [1.29, 1.82) is 0 Å². The zero-order valence-electron chi connectivity index (χ0n) is 28.6. The van der Waals surface area contributed by atoms with E-state index in [2.05, 4.69) is 19.2 Å². The number of ketones is 2. The number of carbonyl (C=O) groups is 4. The number of rotatable bonds is 19. The summed E-state index contributed by atoms with van der Waals surface area (Å²) in [5.74, 6) is -0.613. The van der Waals surface area contributed by atoms with E-state index in [9.17, 15) is 19.2 Å². The predicted octanol–water partition coefficient (Wildman–Crippen LogP) is 4.36. The minimum atomic E-state index is -0.525. The number of nitrogens with zero attached hydrogens (tertiary/aromatic N) is 2. The van der Waals surface area contributed by atoms with E-state index in [1.54, 1.807) is 33.2 Å². The van der Waals surface area contributed by atoms with Gasteiger partial charge in [0.25, 0.3) is 0 Å². The van der Waals surface area contributed by atoms with Gasteiger partial charge in [0.05, 0.1) is 36.8 Å². The van der Waals surface area contributed by atoms with Crippen LogP contribution in [0.3, 0.4) is 0 Å². The average molecular weight is 596 g/mol. The van der Waals surface area contributed by atoms with Gasteiger partial charge in [-0.15, -0.1) is 0 Å². The Morgan fingerprint density at radius 1 is 0.929 bits per heavy atom. The second-order valence-corrected chi connectivity index (χ2v) is 12.9. The molecule has 0 radical (unpaired) electrons. The molecule has 0 aromatic carbocycles. The average Bonchev–Trinajstić information content (AvgIpc) is 3.44. The number of amides is 2. The monoisotopic (exact) mass is 595 g/mol. The minimum Gasteiger partial charge on any atom is -0.379 e. The van der Waals surface area contributed by atoms with Crippen LogP contribution in [0.2, 0.25) is 0 Å². The van der Waals surface area contributed by atoms with Gasteiger partial charge in [-0.3, -0.25) is 19.2 Å². The predicted molar refractivity (Wildman–Crippen MR) is 167 cm³/mol. The molecule has 1 N–H and O–H groups in total. The highest BCUT2D eigenvalue weighted by Crippen LogP contribution is 2.31. The number of likely N-dealkylation sites (N-methyl/N-ethyl adjacent to an activating group) is 2. The van der Waals surface area contributed by atoms with Gasteiger partial charge in [-0.2, -0.15) is 0 Å². The van der Waals surface area contributed by atoms with Crippen LogP contribution in [0, 0.1) is 29.6 Å². The molecule has 1 heterocycles. The molecule has 0 spiro atoms. The Kier molecular flexibility index (Phi) is 16.4. The van der Waals surface area contributed by atoms with Gasteiger partial charge in [0.2, 0.25) is 11.8 Å². The van der Waals surface area contributed by atoms with E-state index >= 15 is 0 Å². The molecule has 1 rings (SSSR count).